The smallest absolute Gasteiger partial charge is 0.242 e. The van der Waals surface area contributed by atoms with Crippen molar-refractivity contribution in [2.24, 2.45) is 5.73 Å². The molecule has 0 aliphatic carbocycles. The lowest BCUT2D eigenvalue weighted by Crippen LogP contribution is -2.26. The van der Waals surface area contributed by atoms with E-state index in [1.54, 1.807) is 31.2 Å². The summed E-state index contributed by atoms with van der Waals surface area (Å²) in [6, 6.07) is 8.16. The van der Waals surface area contributed by atoms with Crippen LogP contribution in [0.1, 0.15) is 23.4 Å². The van der Waals surface area contributed by atoms with Crippen molar-refractivity contribution in [2.45, 2.75) is 24.4 Å². The average molecular weight is 410 g/mol. The molecule has 0 bridgehead atoms. The van der Waals surface area contributed by atoms with Gasteiger partial charge in [-0.15, -0.1) is 11.3 Å². The minimum atomic E-state index is -3.63. The first-order valence-electron chi connectivity index (χ1n) is 6.09. The van der Waals surface area contributed by atoms with Crippen molar-refractivity contribution in [1.82, 2.24) is 4.72 Å². The molecule has 0 amide bonds. The molecule has 0 radical (unpaired) electrons. The lowest BCUT2D eigenvalue weighted by atomic mass is 10.2. The highest BCUT2D eigenvalue weighted by Crippen LogP contribution is 2.29. The summed E-state index contributed by atoms with van der Waals surface area (Å²) in [6.45, 7) is 2.14. The number of benzene rings is 1. The average Bonchev–Trinajstić information content (AvgIpc) is 2.84. The minimum absolute atomic E-state index is 0.189. The molecule has 0 fully saturated rings. The largest absolute Gasteiger partial charge is 0.326 e. The molecule has 2 rings (SSSR count). The lowest BCUT2D eigenvalue weighted by molar-refractivity contribution is 0.568. The van der Waals surface area contributed by atoms with Gasteiger partial charge in [0, 0.05) is 15.9 Å². The number of thiophene rings is 1. The van der Waals surface area contributed by atoms with E-state index in [1.807, 2.05) is 6.07 Å². The van der Waals surface area contributed by atoms with Gasteiger partial charge in [0.1, 0.15) is 0 Å². The molecule has 0 aliphatic rings. The van der Waals surface area contributed by atoms with Gasteiger partial charge in [-0.1, -0.05) is 17.7 Å². The van der Waals surface area contributed by atoms with Crippen molar-refractivity contribution in [3.63, 3.8) is 0 Å². The van der Waals surface area contributed by atoms with Crippen LogP contribution in [-0.2, 0) is 16.6 Å². The summed E-state index contributed by atoms with van der Waals surface area (Å²) in [5.41, 5.74) is 6.40. The normalized spacial score (nSPS) is 13.3. The fraction of sp³-hybridized carbons (Fsp3) is 0.231. The molecule has 4 nitrogen and oxygen atoms in total. The molecule has 114 valence electrons. The maximum absolute atomic E-state index is 12.4. The molecular weight excluding hydrogens is 396 g/mol. The van der Waals surface area contributed by atoms with E-state index in [1.165, 1.54) is 11.3 Å². The number of rotatable bonds is 5. The Kier molecular flexibility index (Phi) is 5.45. The monoisotopic (exact) mass is 408 g/mol. The van der Waals surface area contributed by atoms with Crippen molar-refractivity contribution in [3.8, 4) is 0 Å². The molecule has 0 aliphatic heterocycles. The molecule has 0 saturated carbocycles. The molecule has 3 N–H and O–H groups in total. The molecule has 1 atom stereocenters. The predicted molar refractivity (Wildman–Crippen MR) is 90.1 cm³/mol. The molecule has 8 heteroatoms. The number of hydrogen-bond acceptors (Lipinski definition) is 4. The van der Waals surface area contributed by atoms with Crippen LogP contribution in [0.4, 0.5) is 0 Å². The highest BCUT2D eigenvalue weighted by atomic mass is 79.9. The first-order chi connectivity index (χ1) is 9.83. The zero-order valence-electron chi connectivity index (χ0n) is 11.1. The van der Waals surface area contributed by atoms with Crippen LogP contribution in [0.5, 0.6) is 0 Å². The maximum atomic E-state index is 12.4. The fourth-order valence-corrected chi connectivity index (χ4v) is 5.29. The van der Waals surface area contributed by atoms with Crippen LogP contribution >= 0.6 is 38.9 Å². The van der Waals surface area contributed by atoms with E-state index in [4.69, 9.17) is 17.3 Å². The van der Waals surface area contributed by atoms with Gasteiger partial charge in [-0.25, -0.2) is 13.1 Å². The number of sulfonamides is 1. The summed E-state index contributed by atoms with van der Waals surface area (Å²) in [5, 5.41) is 0. The highest BCUT2D eigenvalue weighted by Gasteiger charge is 2.21. The second-order valence-corrected chi connectivity index (χ2v) is 8.74. The zero-order valence-corrected chi connectivity index (χ0v) is 15.1. The Morgan fingerprint density at radius 2 is 2.10 bits per heavy atom. The summed E-state index contributed by atoms with van der Waals surface area (Å²) in [6.07, 6.45) is 0. The standard InChI is InChI=1S/C13H14BrClN2O2S2/c1-8(11-3-5-13(15)20-11)17-21(18,19)12-4-2-9(7-16)6-10(12)14/h2-6,8,17H,7,16H2,1H3. The summed E-state index contributed by atoms with van der Waals surface area (Å²) in [5.74, 6) is 0. The number of nitrogens with two attached hydrogens (primary N) is 1. The Labute approximate surface area is 141 Å². The Balaban J connectivity index is 2.26. The topological polar surface area (TPSA) is 72.2 Å². The minimum Gasteiger partial charge on any atom is -0.326 e. The van der Waals surface area contributed by atoms with Gasteiger partial charge < -0.3 is 5.73 Å². The predicted octanol–water partition coefficient (Wildman–Crippen LogP) is 3.66. The van der Waals surface area contributed by atoms with Gasteiger partial charge in [0.2, 0.25) is 10.0 Å². The lowest BCUT2D eigenvalue weighted by Gasteiger charge is -2.14. The first-order valence-corrected chi connectivity index (χ1v) is 9.56. The van der Waals surface area contributed by atoms with Crippen LogP contribution in [-0.4, -0.2) is 8.42 Å². The van der Waals surface area contributed by atoms with Gasteiger partial charge in [-0.2, -0.15) is 0 Å². The number of nitrogens with one attached hydrogen (secondary N) is 1. The second-order valence-electron chi connectivity index (χ2n) is 4.45. The SMILES string of the molecule is CC(NS(=O)(=O)c1ccc(CN)cc1Br)c1ccc(Cl)s1. The van der Waals surface area contributed by atoms with Gasteiger partial charge in [0.15, 0.2) is 0 Å². The van der Waals surface area contributed by atoms with E-state index < -0.39 is 10.0 Å². The summed E-state index contributed by atoms with van der Waals surface area (Å²) >= 11 is 10.5. The molecular formula is C13H14BrClN2O2S2. The van der Waals surface area contributed by atoms with E-state index in [9.17, 15) is 8.42 Å². The molecule has 1 aromatic carbocycles. The van der Waals surface area contributed by atoms with Crippen LogP contribution in [0.2, 0.25) is 4.34 Å². The van der Waals surface area contributed by atoms with E-state index in [-0.39, 0.29) is 10.9 Å². The van der Waals surface area contributed by atoms with E-state index >= 15 is 0 Å². The van der Waals surface area contributed by atoms with E-state index in [2.05, 4.69) is 20.7 Å². The van der Waals surface area contributed by atoms with Gasteiger partial charge in [-0.05, 0) is 52.7 Å². The molecule has 0 spiro atoms. The zero-order chi connectivity index (χ0) is 15.6. The van der Waals surface area contributed by atoms with Crippen LogP contribution < -0.4 is 10.5 Å². The Bertz CT molecular complexity index is 746. The van der Waals surface area contributed by atoms with Crippen molar-refractivity contribution in [3.05, 3.63) is 49.6 Å². The van der Waals surface area contributed by atoms with Gasteiger partial charge in [0.25, 0.3) is 0 Å². The van der Waals surface area contributed by atoms with E-state index in [0.717, 1.165) is 10.4 Å². The van der Waals surface area contributed by atoms with Gasteiger partial charge >= 0.3 is 0 Å². The molecule has 1 heterocycles. The third kappa shape index (κ3) is 4.06. The number of halogens is 2. The van der Waals surface area contributed by atoms with Gasteiger partial charge in [-0.3, -0.25) is 0 Å². The van der Waals surface area contributed by atoms with Gasteiger partial charge in [0.05, 0.1) is 15.3 Å². The quantitative estimate of drug-likeness (QED) is 0.791. The van der Waals surface area contributed by atoms with Crippen LogP contribution in [0, 0.1) is 0 Å². The Morgan fingerprint density at radius 3 is 2.62 bits per heavy atom. The Morgan fingerprint density at radius 1 is 1.38 bits per heavy atom. The summed E-state index contributed by atoms with van der Waals surface area (Å²) in [4.78, 5) is 1.05. The second kappa shape index (κ2) is 6.76. The summed E-state index contributed by atoms with van der Waals surface area (Å²) < 4.78 is 28.7. The van der Waals surface area contributed by atoms with Crippen LogP contribution in [0.25, 0.3) is 0 Å². The maximum Gasteiger partial charge on any atom is 0.242 e. The molecule has 2 aromatic rings. The third-order valence-electron chi connectivity index (χ3n) is 2.87. The molecule has 21 heavy (non-hydrogen) atoms. The fourth-order valence-electron chi connectivity index (χ4n) is 1.80. The molecule has 1 aromatic heterocycles. The number of hydrogen-bond donors (Lipinski definition) is 2. The highest BCUT2D eigenvalue weighted by molar-refractivity contribution is 9.10. The van der Waals surface area contributed by atoms with Crippen LogP contribution in [0.15, 0.2) is 39.7 Å². The first kappa shape index (κ1) is 16.9. The van der Waals surface area contributed by atoms with Crippen molar-refractivity contribution in [2.75, 3.05) is 0 Å². The van der Waals surface area contributed by atoms with E-state index in [0.29, 0.717) is 15.4 Å². The van der Waals surface area contributed by atoms with Crippen molar-refractivity contribution >= 4 is 48.9 Å². The molecule has 0 saturated heterocycles. The van der Waals surface area contributed by atoms with Crippen LogP contribution in [0.3, 0.4) is 0 Å². The van der Waals surface area contributed by atoms with Crippen molar-refractivity contribution < 1.29 is 8.42 Å². The third-order valence-corrected chi connectivity index (χ3v) is 6.81. The molecule has 1 unspecified atom stereocenters. The summed E-state index contributed by atoms with van der Waals surface area (Å²) in [7, 11) is -3.63. The Hall–Kier alpha value is -0.440. The van der Waals surface area contributed by atoms with Crippen molar-refractivity contribution in [1.29, 1.82) is 0 Å².